The van der Waals surface area contributed by atoms with Crippen LogP contribution in [0.5, 0.6) is 0 Å². The van der Waals surface area contributed by atoms with Gasteiger partial charge in [-0.1, -0.05) is 0 Å². The molecule has 0 unspecified atom stereocenters. The van der Waals surface area contributed by atoms with Crippen LogP contribution in [-0.4, -0.2) is 65.9 Å². The molecule has 0 radical (unpaired) electrons. The Balaban J connectivity index is 1.75. The van der Waals surface area contributed by atoms with Crippen LogP contribution in [-0.2, 0) is 23.9 Å². The van der Waals surface area contributed by atoms with Crippen molar-refractivity contribution in [1.82, 2.24) is 14.9 Å². The fourth-order valence-electron chi connectivity index (χ4n) is 3.50. The molecular formula is C18H28BN3O5S. The van der Waals surface area contributed by atoms with E-state index in [0.717, 1.165) is 12.8 Å². The van der Waals surface area contributed by atoms with Crippen LogP contribution in [0.1, 0.15) is 53.9 Å². The van der Waals surface area contributed by atoms with Gasteiger partial charge in [0, 0.05) is 37.4 Å². The Morgan fingerprint density at radius 2 is 1.75 bits per heavy atom. The number of hydrogen-bond acceptors (Lipinski definition) is 7. The Kier molecular flexibility index (Phi) is 5.59. The van der Waals surface area contributed by atoms with Crippen molar-refractivity contribution in [2.45, 2.75) is 76.3 Å². The molecule has 154 valence electrons. The van der Waals surface area contributed by atoms with Crippen LogP contribution in [0.15, 0.2) is 17.6 Å². The first-order valence-corrected chi connectivity index (χ1v) is 11.3. The average molecular weight is 409 g/mol. The van der Waals surface area contributed by atoms with Gasteiger partial charge >= 0.3 is 7.12 Å². The van der Waals surface area contributed by atoms with Crippen LogP contribution >= 0.6 is 0 Å². The summed E-state index contributed by atoms with van der Waals surface area (Å²) in [6.07, 6.45) is 5.35. The molecule has 0 N–H and O–H groups in total. The molecule has 28 heavy (non-hydrogen) atoms. The standard InChI is InChI=1S/C18H28BN3O5S/c1-13(23)22-9-7-6-8-15(22)12-28(24,25)16-20-10-14(11-21-16)19-26-17(2,3)18(4,5)27-19/h10-11,15H,6-9,12H2,1-5H3/t15-/m1/s1. The molecule has 1 atom stereocenters. The van der Waals surface area contributed by atoms with Crippen molar-refractivity contribution < 1.29 is 22.5 Å². The molecule has 0 aliphatic carbocycles. The first-order chi connectivity index (χ1) is 12.9. The normalized spacial score (nSPS) is 24.4. The number of rotatable bonds is 4. The minimum Gasteiger partial charge on any atom is -0.399 e. The predicted octanol–water partition coefficient (Wildman–Crippen LogP) is 0.951. The lowest BCUT2D eigenvalue weighted by molar-refractivity contribution is -0.131. The van der Waals surface area contributed by atoms with E-state index < -0.39 is 28.2 Å². The fourth-order valence-corrected chi connectivity index (χ4v) is 4.93. The van der Waals surface area contributed by atoms with Crippen molar-refractivity contribution in [3.05, 3.63) is 12.4 Å². The number of aromatic nitrogens is 2. The molecule has 1 aromatic heterocycles. The Labute approximate surface area is 167 Å². The first-order valence-electron chi connectivity index (χ1n) is 9.60. The molecule has 0 spiro atoms. The molecule has 0 bridgehead atoms. The van der Waals surface area contributed by atoms with Crippen molar-refractivity contribution in [1.29, 1.82) is 0 Å². The topological polar surface area (TPSA) is 98.7 Å². The third-order valence-electron chi connectivity index (χ3n) is 5.90. The Morgan fingerprint density at radius 1 is 1.18 bits per heavy atom. The van der Waals surface area contributed by atoms with Crippen LogP contribution in [0.25, 0.3) is 0 Å². The smallest absolute Gasteiger partial charge is 0.399 e. The highest BCUT2D eigenvalue weighted by atomic mass is 32.2. The molecule has 3 rings (SSSR count). The van der Waals surface area contributed by atoms with Crippen molar-refractivity contribution in [2.75, 3.05) is 12.3 Å². The summed E-state index contributed by atoms with van der Waals surface area (Å²) in [4.78, 5) is 21.6. The van der Waals surface area contributed by atoms with E-state index in [0.29, 0.717) is 18.4 Å². The largest absolute Gasteiger partial charge is 0.498 e. The van der Waals surface area contributed by atoms with E-state index in [1.54, 1.807) is 4.90 Å². The van der Waals surface area contributed by atoms with E-state index in [1.165, 1.54) is 19.3 Å². The second kappa shape index (κ2) is 7.38. The third kappa shape index (κ3) is 4.09. The molecule has 0 aromatic carbocycles. The molecule has 1 amide bonds. The molecule has 2 fully saturated rings. The van der Waals surface area contributed by atoms with Crippen molar-refractivity contribution in [3.8, 4) is 0 Å². The minimum atomic E-state index is -3.71. The van der Waals surface area contributed by atoms with Crippen LogP contribution in [0.4, 0.5) is 0 Å². The Bertz CT molecular complexity index is 825. The van der Waals surface area contributed by atoms with E-state index in [9.17, 15) is 13.2 Å². The number of piperidine rings is 1. The van der Waals surface area contributed by atoms with Gasteiger partial charge in [-0.2, -0.15) is 0 Å². The number of carbonyl (C=O) groups is 1. The van der Waals surface area contributed by atoms with E-state index in [2.05, 4.69) is 9.97 Å². The summed E-state index contributed by atoms with van der Waals surface area (Å²) in [6.45, 7) is 9.84. The summed E-state index contributed by atoms with van der Waals surface area (Å²) < 4.78 is 37.4. The zero-order valence-electron chi connectivity index (χ0n) is 17.1. The van der Waals surface area contributed by atoms with Gasteiger partial charge in [-0.15, -0.1) is 0 Å². The van der Waals surface area contributed by atoms with Gasteiger partial charge in [0.25, 0.3) is 0 Å². The van der Waals surface area contributed by atoms with Crippen LogP contribution in [0, 0.1) is 0 Å². The average Bonchev–Trinajstić information content (AvgIpc) is 2.83. The number of carbonyl (C=O) groups excluding carboxylic acids is 1. The monoisotopic (exact) mass is 409 g/mol. The Hall–Kier alpha value is -1.52. The molecule has 10 heteroatoms. The van der Waals surface area contributed by atoms with Crippen LogP contribution in [0.2, 0.25) is 0 Å². The van der Waals surface area contributed by atoms with Gasteiger partial charge in [0.2, 0.25) is 20.9 Å². The highest BCUT2D eigenvalue weighted by Crippen LogP contribution is 2.36. The molecule has 3 heterocycles. The second-order valence-corrected chi connectivity index (χ2v) is 10.5. The number of hydrogen-bond donors (Lipinski definition) is 0. The number of sulfone groups is 1. The zero-order chi connectivity index (χ0) is 20.7. The van der Waals surface area contributed by atoms with Gasteiger partial charge in [-0.25, -0.2) is 18.4 Å². The van der Waals surface area contributed by atoms with Gasteiger partial charge in [0.05, 0.1) is 17.0 Å². The minimum absolute atomic E-state index is 0.100. The van der Waals surface area contributed by atoms with Gasteiger partial charge in [0.1, 0.15) is 0 Å². The lowest BCUT2D eigenvalue weighted by atomic mass is 9.81. The summed E-state index contributed by atoms with van der Waals surface area (Å²) in [6, 6.07) is -0.331. The zero-order valence-corrected chi connectivity index (χ0v) is 18.0. The summed E-state index contributed by atoms with van der Waals surface area (Å²) in [5.41, 5.74) is -0.431. The predicted molar refractivity (Wildman–Crippen MR) is 105 cm³/mol. The van der Waals surface area contributed by atoms with Crippen LogP contribution in [0.3, 0.4) is 0 Å². The molecule has 1 aromatic rings. The summed E-state index contributed by atoms with van der Waals surface area (Å²) in [5, 5.41) is -0.234. The molecule has 2 aliphatic heterocycles. The van der Waals surface area contributed by atoms with E-state index in [-0.39, 0.29) is 22.9 Å². The van der Waals surface area contributed by atoms with Crippen LogP contribution < -0.4 is 5.46 Å². The molecule has 0 saturated carbocycles. The number of nitrogens with zero attached hydrogens (tertiary/aromatic N) is 3. The van der Waals surface area contributed by atoms with E-state index in [1.807, 2.05) is 27.7 Å². The summed E-state index contributed by atoms with van der Waals surface area (Å²) in [5.74, 6) is -0.264. The SMILES string of the molecule is CC(=O)N1CCCC[C@@H]1CS(=O)(=O)c1ncc(B2OC(C)(C)C(C)(C)O2)cn1. The van der Waals surface area contributed by atoms with Crippen molar-refractivity contribution >= 4 is 28.3 Å². The maximum atomic E-state index is 12.8. The lowest BCUT2D eigenvalue weighted by Crippen LogP contribution is -2.46. The Morgan fingerprint density at radius 3 is 2.29 bits per heavy atom. The fraction of sp³-hybridized carbons (Fsp3) is 0.722. The molecule has 2 saturated heterocycles. The summed E-state index contributed by atoms with van der Waals surface area (Å²) in [7, 11) is -4.36. The first kappa shape index (κ1) is 21.2. The van der Waals surface area contributed by atoms with Crippen molar-refractivity contribution in [2.24, 2.45) is 0 Å². The lowest BCUT2D eigenvalue weighted by Gasteiger charge is -2.34. The number of likely N-dealkylation sites (tertiary alicyclic amines) is 1. The maximum absolute atomic E-state index is 12.8. The van der Waals surface area contributed by atoms with E-state index in [4.69, 9.17) is 9.31 Å². The number of amides is 1. The molecule has 8 nitrogen and oxygen atoms in total. The highest BCUT2D eigenvalue weighted by Gasteiger charge is 2.52. The second-order valence-electron chi connectivity index (χ2n) is 8.53. The maximum Gasteiger partial charge on any atom is 0.498 e. The van der Waals surface area contributed by atoms with Gasteiger partial charge in [-0.3, -0.25) is 4.79 Å². The summed E-state index contributed by atoms with van der Waals surface area (Å²) >= 11 is 0. The molecule has 2 aliphatic rings. The third-order valence-corrected chi connectivity index (χ3v) is 7.49. The van der Waals surface area contributed by atoms with Gasteiger partial charge < -0.3 is 14.2 Å². The quantitative estimate of drug-likeness (QED) is 0.539. The van der Waals surface area contributed by atoms with Gasteiger partial charge in [0.15, 0.2) is 0 Å². The molecular weight excluding hydrogens is 381 g/mol. The van der Waals surface area contributed by atoms with E-state index >= 15 is 0 Å². The van der Waals surface area contributed by atoms with Gasteiger partial charge in [-0.05, 0) is 47.0 Å². The highest BCUT2D eigenvalue weighted by molar-refractivity contribution is 7.91. The van der Waals surface area contributed by atoms with Crippen molar-refractivity contribution in [3.63, 3.8) is 0 Å².